The topological polar surface area (TPSA) is 111 Å². The summed E-state index contributed by atoms with van der Waals surface area (Å²) in [6.45, 7) is 0. The van der Waals surface area contributed by atoms with Crippen LogP contribution in [0.5, 0.6) is 0 Å². The van der Waals surface area contributed by atoms with E-state index in [1.807, 2.05) is 12.1 Å². The van der Waals surface area contributed by atoms with E-state index in [9.17, 15) is 0 Å². The first-order valence-electron chi connectivity index (χ1n) is 6.37. The van der Waals surface area contributed by atoms with Gasteiger partial charge in [-0.15, -0.1) is 0 Å². The fourth-order valence-electron chi connectivity index (χ4n) is 1.82. The molecule has 0 aliphatic rings. The maximum absolute atomic E-state index is 9.15. The zero-order chi connectivity index (χ0) is 16.8. The minimum absolute atomic E-state index is 0.0184. The van der Waals surface area contributed by atoms with Crippen LogP contribution in [0.2, 0.25) is 5.02 Å². The number of hydrogen-bond donors (Lipinski definition) is 1. The van der Waals surface area contributed by atoms with Crippen LogP contribution in [0, 0.1) is 34.0 Å². The quantitative estimate of drug-likeness (QED) is 0.683. The number of hydrogen-bond acceptors (Lipinski definition) is 5. The van der Waals surface area contributed by atoms with Crippen molar-refractivity contribution < 1.29 is 4.42 Å². The molecular weight excluding hydrogens is 312 g/mol. The Balaban J connectivity index is 2.41. The van der Waals surface area contributed by atoms with Crippen LogP contribution in [0.3, 0.4) is 0 Å². The van der Waals surface area contributed by atoms with E-state index in [0.717, 1.165) is 5.56 Å². The third kappa shape index (κ3) is 3.60. The van der Waals surface area contributed by atoms with Crippen molar-refractivity contribution in [1.82, 2.24) is 0 Å². The van der Waals surface area contributed by atoms with Crippen molar-refractivity contribution in [2.45, 2.75) is 0 Å². The van der Waals surface area contributed by atoms with Crippen molar-refractivity contribution >= 4 is 17.7 Å². The predicted octanol–water partition coefficient (Wildman–Crippen LogP) is 3.77. The first-order valence-corrected chi connectivity index (χ1v) is 6.74. The van der Waals surface area contributed by atoms with Gasteiger partial charge >= 0.3 is 0 Å². The molecule has 0 bridgehead atoms. The van der Waals surface area contributed by atoms with Gasteiger partial charge in [-0.1, -0.05) is 23.7 Å². The van der Waals surface area contributed by atoms with Gasteiger partial charge < -0.3 is 10.2 Å². The number of nitrogens with zero attached hydrogens (tertiary/aromatic N) is 3. The molecule has 110 valence electrons. The summed E-state index contributed by atoms with van der Waals surface area (Å²) in [5, 5.41) is 27.3. The highest BCUT2D eigenvalue weighted by Crippen LogP contribution is 2.26. The molecule has 23 heavy (non-hydrogen) atoms. The molecule has 0 fully saturated rings. The Labute approximate surface area is 137 Å². The Morgan fingerprint density at radius 3 is 2.43 bits per heavy atom. The average molecular weight is 321 g/mol. The molecule has 0 saturated carbocycles. The molecule has 2 N–H and O–H groups in total. The van der Waals surface area contributed by atoms with E-state index in [4.69, 9.17) is 37.5 Å². The zero-order valence-corrected chi connectivity index (χ0v) is 12.5. The minimum Gasteiger partial charge on any atom is -0.457 e. The van der Waals surface area contributed by atoms with Gasteiger partial charge in [-0.05, 0) is 24.3 Å². The van der Waals surface area contributed by atoms with Crippen molar-refractivity contribution in [3.05, 3.63) is 64.0 Å². The fraction of sp³-hybridized carbons (Fsp3) is 0. The maximum atomic E-state index is 9.15. The Morgan fingerprint density at radius 2 is 1.83 bits per heavy atom. The second-order valence-electron chi connectivity index (χ2n) is 4.39. The lowest BCUT2D eigenvalue weighted by Crippen LogP contribution is -2.03. The van der Waals surface area contributed by atoms with Crippen LogP contribution in [0.25, 0.3) is 17.4 Å². The van der Waals surface area contributed by atoms with Crippen molar-refractivity contribution in [3.8, 4) is 29.5 Å². The predicted molar refractivity (Wildman–Crippen MR) is 85.2 cm³/mol. The SMILES string of the molecule is N#CC(=Cc1ccc(-c2cccc(Cl)c2)o1)C(N)=C(C#N)C#N. The summed E-state index contributed by atoms with van der Waals surface area (Å²) in [5.41, 5.74) is 5.93. The van der Waals surface area contributed by atoms with Gasteiger partial charge in [0.25, 0.3) is 0 Å². The second-order valence-corrected chi connectivity index (χ2v) is 4.83. The lowest BCUT2D eigenvalue weighted by Gasteiger charge is -1.99. The molecule has 1 aromatic carbocycles. The van der Waals surface area contributed by atoms with E-state index in [0.29, 0.717) is 16.5 Å². The normalized spacial score (nSPS) is 10.3. The van der Waals surface area contributed by atoms with E-state index >= 15 is 0 Å². The molecule has 6 heteroatoms. The molecule has 0 unspecified atom stereocenters. The smallest absolute Gasteiger partial charge is 0.153 e. The summed E-state index contributed by atoms with van der Waals surface area (Å²) in [6, 6.07) is 15.6. The van der Waals surface area contributed by atoms with Gasteiger partial charge in [-0.2, -0.15) is 15.8 Å². The molecule has 0 spiro atoms. The highest BCUT2D eigenvalue weighted by Gasteiger charge is 2.10. The van der Waals surface area contributed by atoms with E-state index in [2.05, 4.69) is 0 Å². The van der Waals surface area contributed by atoms with Gasteiger partial charge in [-0.25, -0.2) is 0 Å². The van der Waals surface area contributed by atoms with Crippen molar-refractivity contribution in [2.24, 2.45) is 5.73 Å². The van der Waals surface area contributed by atoms with E-state index in [1.165, 1.54) is 6.08 Å². The standard InChI is InChI=1S/C17H9ClN4O/c18-14-3-1-2-11(6-14)16-5-4-15(23-16)7-12(8-19)17(22)13(9-20)10-21/h1-7H,22H2. The minimum atomic E-state index is -0.320. The highest BCUT2D eigenvalue weighted by atomic mass is 35.5. The van der Waals surface area contributed by atoms with Crippen LogP contribution in [-0.4, -0.2) is 0 Å². The molecule has 1 aromatic heterocycles. The van der Waals surface area contributed by atoms with E-state index < -0.39 is 0 Å². The van der Waals surface area contributed by atoms with Crippen molar-refractivity contribution in [3.63, 3.8) is 0 Å². The maximum Gasteiger partial charge on any atom is 0.153 e. The average Bonchev–Trinajstić information content (AvgIpc) is 3.02. The number of halogens is 1. The van der Waals surface area contributed by atoms with Gasteiger partial charge in [-0.3, -0.25) is 0 Å². The Bertz CT molecular complexity index is 916. The summed E-state index contributed by atoms with van der Waals surface area (Å²) >= 11 is 5.94. The highest BCUT2D eigenvalue weighted by molar-refractivity contribution is 6.30. The monoisotopic (exact) mass is 320 g/mol. The number of benzene rings is 1. The first-order chi connectivity index (χ1) is 11.1. The number of nitrogens with two attached hydrogens (primary N) is 1. The molecular formula is C17H9ClN4O. The molecule has 0 aliphatic heterocycles. The summed E-state index contributed by atoms with van der Waals surface area (Å²) < 4.78 is 5.62. The van der Waals surface area contributed by atoms with Crippen LogP contribution >= 0.6 is 11.6 Å². The van der Waals surface area contributed by atoms with Crippen LogP contribution < -0.4 is 5.73 Å². The summed E-state index contributed by atoms with van der Waals surface area (Å²) in [6.07, 6.45) is 1.37. The van der Waals surface area contributed by atoms with E-state index in [-0.39, 0.29) is 16.8 Å². The summed E-state index contributed by atoms with van der Waals surface area (Å²) in [5.74, 6) is 0.939. The number of allylic oxidation sites excluding steroid dienone is 2. The Kier molecular flexibility index (Phi) is 4.85. The fourth-order valence-corrected chi connectivity index (χ4v) is 2.01. The molecule has 1 heterocycles. The molecule has 0 saturated heterocycles. The number of nitriles is 3. The molecule has 0 radical (unpaired) electrons. The third-order valence-corrected chi connectivity index (χ3v) is 3.16. The third-order valence-electron chi connectivity index (χ3n) is 2.93. The van der Waals surface area contributed by atoms with Gasteiger partial charge in [0.15, 0.2) is 5.57 Å². The molecule has 5 nitrogen and oxygen atoms in total. The first kappa shape index (κ1) is 15.9. The zero-order valence-electron chi connectivity index (χ0n) is 11.7. The molecule has 2 aromatic rings. The summed E-state index contributed by atoms with van der Waals surface area (Å²) in [4.78, 5) is 0. The van der Waals surface area contributed by atoms with Gasteiger partial charge in [0.2, 0.25) is 0 Å². The van der Waals surface area contributed by atoms with Crippen LogP contribution in [-0.2, 0) is 0 Å². The lowest BCUT2D eigenvalue weighted by molar-refractivity contribution is 0.571. The Morgan fingerprint density at radius 1 is 1.09 bits per heavy atom. The molecule has 0 atom stereocenters. The summed E-state index contributed by atoms with van der Waals surface area (Å²) in [7, 11) is 0. The largest absolute Gasteiger partial charge is 0.457 e. The van der Waals surface area contributed by atoms with E-state index in [1.54, 1.807) is 42.5 Å². The Hall–Kier alpha value is -3.46. The van der Waals surface area contributed by atoms with Gasteiger partial charge in [0, 0.05) is 16.7 Å². The van der Waals surface area contributed by atoms with Crippen LogP contribution in [0.1, 0.15) is 5.76 Å². The van der Waals surface area contributed by atoms with Gasteiger partial charge in [0.05, 0.1) is 11.3 Å². The lowest BCUT2D eigenvalue weighted by atomic mass is 10.1. The van der Waals surface area contributed by atoms with Crippen LogP contribution in [0.4, 0.5) is 0 Å². The second kappa shape index (κ2) is 7.00. The molecule has 0 aliphatic carbocycles. The molecule has 2 rings (SSSR count). The number of furan rings is 1. The number of rotatable bonds is 3. The van der Waals surface area contributed by atoms with Gasteiger partial charge in [0.1, 0.15) is 29.7 Å². The van der Waals surface area contributed by atoms with Crippen molar-refractivity contribution in [1.29, 1.82) is 15.8 Å². The van der Waals surface area contributed by atoms with Crippen molar-refractivity contribution in [2.75, 3.05) is 0 Å². The van der Waals surface area contributed by atoms with Crippen LogP contribution in [0.15, 0.2) is 57.7 Å². The molecule has 0 amide bonds.